The lowest BCUT2D eigenvalue weighted by molar-refractivity contribution is -0.122. The fraction of sp³-hybridized carbons (Fsp3) is 0.600. The van der Waals surface area contributed by atoms with Crippen LogP contribution in [0, 0.1) is 6.92 Å². The van der Waals surface area contributed by atoms with E-state index in [-0.39, 0.29) is 11.7 Å². The molecule has 0 bridgehead atoms. The van der Waals surface area contributed by atoms with Crippen LogP contribution in [0.5, 0.6) is 0 Å². The Kier molecular flexibility index (Phi) is 4.85. The van der Waals surface area contributed by atoms with Crippen LogP contribution in [0.3, 0.4) is 0 Å². The van der Waals surface area contributed by atoms with Crippen LogP contribution in [0.4, 0.5) is 0 Å². The molecule has 0 aliphatic carbocycles. The fourth-order valence-corrected chi connectivity index (χ4v) is 2.52. The molecule has 1 fully saturated rings. The van der Waals surface area contributed by atoms with Crippen LogP contribution in [0.25, 0.3) is 0 Å². The van der Waals surface area contributed by atoms with E-state index in [1.807, 2.05) is 25.1 Å². The standard InChI is InChI=1S/C15H22ClNO2/c1-11-4-5-12(14(16)6-11)8-18-9-13-7-17-10-15(2,3)19-13/h4-6,13,17H,7-10H2,1-3H3. The Bertz CT molecular complexity index is 434. The predicted octanol–water partition coefficient (Wildman–Crippen LogP) is 2.93. The van der Waals surface area contributed by atoms with Crippen LogP contribution >= 0.6 is 11.6 Å². The summed E-state index contributed by atoms with van der Waals surface area (Å²) in [5, 5.41) is 4.13. The molecule has 3 nitrogen and oxygen atoms in total. The van der Waals surface area contributed by atoms with Crippen molar-refractivity contribution in [3.8, 4) is 0 Å². The molecular formula is C15H22ClNO2. The van der Waals surface area contributed by atoms with Gasteiger partial charge < -0.3 is 14.8 Å². The van der Waals surface area contributed by atoms with Gasteiger partial charge in [-0.1, -0.05) is 23.7 Å². The summed E-state index contributed by atoms with van der Waals surface area (Å²) in [6, 6.07) is 6.02. The number of morpholine rings is 1. The first-order valence-corrected chi connectivity index (χ1v) is 7.05. The van der Waals surface area contributed by atoms with Crippen LogP contribution in [-0.2, 0) is 16.1 Å². The Hall–Kier alpha value is -0.610. The maximum Gasteiger partial charge on any atom is 0.0940 e. The minimum Gasteiger partial charge on any atom is -0.374 e. The maximum atomic E-state index is 6.17. The van der Waals surface area contributed by atoms with Crippen molar-refractivity contribution in [1.82, 2.24) is 5.32 Å². The number of ether oxygens (including phenoxy) is 2. The van der Waals surface area contributed by atoms with Crippen molar-refractivity contribution in [2.75, 3.05) is 19.7 Å². The summed E-state index contributed by atoms with van der Waals surface area (Å²) in [4.78, 5) is 0. The van der Waals surface area contributed by atoms with Crippen molar-refractivity contribution in [1.29, 1.82) is 0 Å². The van der Waals surface area contributed by atoms with E-state index in [0.29, 0.717) is 13.2 Å². The zero-order valence-electron chi connectivity index (χ0n) is 11.8. The van der Waals surface area contributed by atoms with Crippen LogP contribution in [0.2, 0.25) is 5.02 Å². The molecule has 106 valence electrons. The lowest BCUT2D eigenvalue weighted by Crippen LogP contribution is -2.51. The van der Waals surface area contributed by atoms with E-state index in [1.54, 1.807) is 0 Å². The number of aryl methyl sites for hydroxylation is 1. The summed E-state index contributed by atoms with van der Waals surface area (Å²) < 4.78 is 11.7. The molecule has 0 spiro atoms. The molecular weight excluding hydrogens is 262 g/mol. The van der Waals surface area contributed by atoms with Gasteiger partial charge in [0.1, 0.15) is 0 Å². The molecule has 1 aromatic rings. The summed E-state index contributed by atoms with van der Waals surface area (Å²) in [5.41, 5.74) is 2.07. The summed E-state index contributed by atoms with van der Waals surface area (Å²) in [7, 11) is 0. The topological polar surface area (TPSA) is 30.5 Å². The summed E-state index contributed by atoms with van der Waals surface area (Å²) in [6.07, 6.45) is 0.105. The van der Waals surface area contributed by atoms with Crippen molar-refractivity contribution >= 4 is 11.6 Å². The molecule has 0 amide bonds. The first-order valence-electron chi connectivity index (χ1n) is 6.67. The molecule has 1 heterocycles. The molecule has 1 N–H and O–H groups in total. The smallest absolute Gasteiger partial charge is 0.0940 e. The van der Waals surface area contributed by atoms with Gasteiger partial charge in [-0.25, -0.2) is 0 Å². The number of benzene rings is 1. The lowest BCUT2D eigenvalue weighted by Gasteiger charge is -2.36. The minimum absolute atomic E-state index is 0.105. The van der Waals surface area contributed by atoms with Crippen molar-refractivity contribution in [3.63, 3.8) is 0 Å². The van der Waals surface area contributed by atoms with Crippen molar-refractivity contribution in [2.24, 2.45) is 0 Å². The highest BCUT2D eigenvalue weighted by Gasteiger charge is 2.28. The van der Waals surface area contributed by atoms with Gasteiger partial charge in [-0.2, -0.15) is 0 Å². The zero-order chi connectivity index (χ0) is 13.9. The average molecular weight is 284 g/mol. The van der Waals surface area contributed by atoms with Gasteiger partial charge >= 0.3 is 0 Å². The monoisotopic (exact) mass is 283 g/mol. The highest BCUT2D eigenvalue weighted by atomic mass is 35.5. The third kappa shape index (κ3) is 4.46. The molecule has 1 unspecified atom stereocenters. The Morgan fingerprint density at radius 3 is 2.95 bits per heavy atom. The summed E-state index contributed by atoms with van der Waals surface area (Å²) in [6.45, 7) is 9.03. The van der Waals surface area contributed by atoms with Gasteiger partial charge in [-0.05, 0) is 38.0 Å². The number of nitrogens with one attached hydrogen (secondary N) is 1. The van der Waals surface area contributed by atoms with Crippen LogP contribution in [0.1, 0.15) is 25.0 Å². The average Bonchev–Trinajstić information content (AvgIpc) is 2.31. The summed E-state index contributed by atoms with van der Waals surface area (Å²) >= 11 is 6.17. The van der Waals surface area contributed by atoms with Crippen molar-refractivity contribution < 1.29 is 9.47 Å². The Morgan fingerprint density at radius 1 is 1.47 bits per heavy atom. The van der Waals surface area contributed by atoms with Gasteiger partial charge in [0.25, 0.3) is 0 Å². The van der Waals surface area contributed by atoms with E-state index in [0.717, 1.165) is 29.2 Å². The largest absolute Gasteiger partial charge is 0.374 e. The van der Waals surface area contributed by atoms with Gasteiger partial charge in [0.05, 0.1) is 24.9 Å². The predicted molar refractivity (Wildman–Crippen MR) is 77.7 cm³/mol. The Morgan fingerprint density at radius 2 is 2.26 bits per heavy atom. The molecule has 1 aromatic carbocycles. The molecule has 1 atom stereocenters. The molecule has 0 aromatic heterocycles. The SMILES string of the molecule is Cc1ccc(COCC2CNCC(C)(C)O2)c(Cl)c1. The molecule has 0 radical (unpaired) electrons. The molecule has 2 rings (SSSR count). The third-order valence-corrected chi connectivity index (χ3v) is 3.53. The minimum atomic E-state index is -0.117. The van der Waals surface area contributed by atoms with E-state index in [4.69, 9.17) is 21.1 Å². The first kappa shape index (κ1) is 14.8. The van der Waals surface area contributed by atoms with Crippen LogP contribution < -0.4 is 5.32 Å². The maximum absolute atomic E-state index is 6.17. The van der Waals surface area contributed by atoms with Crippen molar-refractivity contribution in [3.05, 3.63) is 34.3 Å². The molecule has 4 heteroatoms. The highest BCUT2D eigenvalue weighted by molar-refractivity contribution is 6.31. The van der Waals surface area contributed by atoms with Crippen LogP contribution in [0.15, 0.2) is 18.2 Å². The summed E-state index contributed by atoms with van der Waals surface area (Å²) in [5.74, 6) is 0. The quantitative estimate of drug-likeness (QED) is 0.922. The second-order valence-electron chi connectivity index (χ2n) is 5.74. The Labute approximate surface area is 120 Å². The third-order valence-electron chi connectivity index (χ3n) is 3.18. The normalized spacial score (nSPS) is 22.4. The zero-order valence-corrected chi connectivity index (χ0v) is 12.6. The fourth-order valence-electron chi connectivity index (χ4n) is 2.23. The van der Waals surface area contributed by atoms with Crippen molar-refractivity contribution in [2.45, 2.75) is 39.1 Å². The molecule has 1 aliphatic heterocycles. The van der Waals surface area contributed by atoms with Gasteiger partial charge in [0.15, 0.2) is 0 Å². The number of rotatable bonds is 4. The van der Waals surface area contributed by atoms with E-state index >= 15 is 0 Å². The molecule has 1 aliphatic rings. The number of hydrogen-bond donors (Lipinski definition) is 1. The second kappa shape index (κ2) is 6.23. The Balaban J connectivity index is 1.80. The van der Waals surface area contributed by atoms with E-state index in [2.05, 4.69) is 19.2 Å². The second-order valence-corrected chi connectivity index (χ2v) is 6.15. The highest BCUT2D eigenvalue weighted by Crippen LogP contribution is 2.19. The van der Waals surface area contributed by atoms with Gasteiger partial charge in [0, 0.05) is 18.1 Å². The number of hydrogen-bond acceptors (Lipinski definition) is 3. The molecule has 0 saturated carbocycles. The van der Waals surface area contributed by atoms with Crippen LogP contribution in [-0.4, -0.2) is 31.4 Å². The van der Waals surface area contributed by atoms with Gasteiger partial charge in [-0.15, -0.1) is 0 Å². The molecule has 1 saturated heterocycles. The van der Waals surface area contributed by atoms with E-state index in [9.17, 15) is 0 Å². The molecule has 19 heavy (non-hydrogen) atoms. The van der Waals surface area contributed by atoms with Gasteiger partial charge in [0.2, 0.25) is 0 Å². The lowest BCUT2D eigenvalue weighted by atomic mass is 10.1. The number of halogens is 1. The van der Waals surface area contributed by atoms with E-state index < -0.39 is 0 Å². The van der Waals surface area contributed by atoms with E-state index in [1.165, 1.54) is 0 Å². The first-order chi connectivity index (χ1) is 8.96. The van der Waals surface area contributed by atoms with Gasteiger partial charge in [-0.3, -0.25) is 0 Å².